The highest BCUT2D eigenvalue weighted by Crippen LogP contribution is 2.48. The number of hydrogen-bond donors (Lipinski definition) is 0. The Morgan fingerprint density at radius 2 is 1.00 bits per heavy atom. The highest BCUT2D eigenvalue weighted by molar-refractivity contribution is 6.12. The molecule has 1 unspecified atom stereocenters. The van der Waals surface area contributed by atoms with E-state index in [0.29, 0.717) is 0 Å². The lowest BCUT2D eigenvalue weighted by atomic mass is 9.87. The van der Waals surface area contributed by atoms with Gasteiger partial charge in [-0.25, -0.2) is 0 Å². The van der Waals surface area contributed by atoms with Crippen LogP contribution in [0.3, 0.4) is 0 Å². The fourth-order valence-corrected chi connectivity index (χ4v) is 9.46. The number of hydrogen-bond acceptors (Lipinski definition) is 2. The number of ether oxygens (including phenoxy) is 1. The fraction of sp³-hybridized carbons (Fsp3) is 0.0370. The number of rotatable bonds is 6. The maximum absolute atomic E-state index is 6.53. The molecule has 0 saturated heterocycles. The smallest absolute Gasteiger partial charge is 0.130 e. The molecule has 274 valence electrons. The van der Waals surface area contributed by atoms with Gasteiger partial charge in [0.25, 0.3) is 0 Å². The van der Waals surface area contributed by atoms with Gasteiger partial charge in [-0.1, -0.05) is 121 Å². The van der Waals surface area contributed by atoms with E-state index >= 15 is 0 Å². The van der Waals surface area contributed by atoms with Crippen LogP contribution in [-0.2, 0) is 0 Å². The molecule has 1 aliphatic carbocycles. The molecular weight excluding hydrogens is 707 g/mol. The Kier molecular flexibility index (Phi) is 7.32. The molecule has 0 N–H and O–H groups in total. The van der Waals surface area contributed by atoms with Crippen molar-refractivity contribution in [1.29, 1.82) is 0 Å². The summed E-state index contributed by atoms with van der Waals surface area (Å²) in [6.07, 6.45) is 5.47. The first-order chi connectivity index (χ1) is 28.8. The standard InChI is InChI=1S/C54H37N3O/c1-3-14-37(15-4-1)56-50-24-11-8-19-44(50)48-34-40(31-33-51(48)56)55(39-28-26-36(27-29-39)42-21-13-22-47-46-20-9-12-25-53(46)58-54(42)47)41-30-32-45-43-18-7-10-23-49(43)57(52(45)35-41)38-16-5-2-6-17-38/h1-21,23-35,47H,22H2. The van der Waals surface area contributed by atoms with Gasteiger partial charge in [-0.3, -0.25) is 0 Å². The van der Waals surface area contributed by atoms with E-state index in [1.165, 1.54) is 43.7 Å². The molecule has 2 aromatic heterocycles. The zero-order chi connectivity index (χ0) is 38.2. The number of allylic oxidation sites excluding steroid dienone is 4. The largest absolute Gasteiger partial charge is 0.460 e. The Hall–Kier alpha value is -7.56. The lowest BCUT2D eigenvalue weighted by Crippen LogP contribution is -2.10. The average Bonchev–Trinajstić information content (AvgIpc) is 3.95. The van der Waals surface area contributed by atoms with Crippen molar-refractivity contribution < 1.29 is 4.74 Å². The van der Waals surface area contributed by atoms with Gasteiger partial charge in [0, 0.05) is 67.0 Å². The van der Waals surface area contributed by atoms with Crippen LogP contribution in [0, 0.1) is 0 Å². The topological polar surface area (TPSA) is 22.3 Å². The molecule has 3 heterocycles. The molecule has 4 nitrogen and oxygen atoms in total. The normalized spacial score (nSPS) is 14.7. The summed E-state index contributed by atoms with van der Waals surface area (Å²) in [6, 6.07) is 70.2. The van der Waals surface area contributed by atoms with Crippen LogP contribution in [0.2, 0.25) is 0 Å². The minimum absolute atomic E-state index is 0.250. The molecule has 0 bridgehead atoms. The minimum Gasteiger partial charge on any atom is -0.460 e. The highest BCUT2D eigenvalue weighted by Gasteiger charge is 2.33. The van der Waals surface area contributed by atoms with Crippen molar-refractivity contribution in [3.8, 4) is 17.1 Å². The predicted octanol–water partition coefficient (Wildman–Crippen LogP) is 14.2. The van der Waals surface area contributed by atoms with Crippen LogP contribution in [0.15, 0.2) is 212 Å². The molecular formula is C54H37N3O. The van der Waals surface area contributed by atoms with Crippen molar-refractivity contribution in [2.75, 3.05) is 4.90 Å². The van der Waals surface area contributed by atoms with E-state index in [2.05, 4.69) is 220 Å². The van der Waals surface area contributed by atoms with Crippen molar-refractivity contribution in [3.63, 3.8) is 0 Å². The molecule has 0 saturated carbocycles. The van der Waals surface area contributed by atoms with Crippen molar-refractivity contribution in [2.45, 2.75) is 12.3 Å². The molecule has 4 heteroatoms. The van der Waals surface area contributed by atoms with Gasteiger partial charge in [0.1, 0.15) is 11.5 Å². The second kappa shape index (κ2) is 13.0. The Morgan fingerprint density at radius 3 is 1.74 bits per heavy atom. The van der Waals surface area contributed by atoms with E-state index in [1.54, 1.807) is 0 Å². The molecule has 12 rings (SSSR count). The summed E-state index contributed by atoms with van der Waals surface area (Å²) in [4.78, 5) is 2.41. The maximum atomic E-state index is 6.53. The highest BCUT2D eigenvalue weighted by atomic mass is 16.5. The summed E-state index contributed by atoms with van der Waals surface area (Å²) in [5.74, 6) is 2.27. The Balaban J connectivity index is 1.06. The summed E-state index contributed by atoms with van der Waals surface area (Å²) < 4.78 is 11.3. The molecule has 1 atom stereocenters. The van der Waals surface area contributed by atoms with Crippen molar-refractivity contribution in [3.05, 3.63) is 223 Å². The van der Waals surface area contributed by atoms with Gasteiger partial charge < -0.3 is 18.8 Å². The SMILES string of the molecule is C1=CC(c2ccc(N(c3ccc4c(c3)c3ccccc3n4-c3ccccc3)c3ccc4c5ccccc5n(-c5ccccc5)c4c3)cc2)=C2Oc3ccccc3C2C1. The third-order valence-electron chi connectivity index (χ3n) is 12.0. The van der Waals surface area contributed by atoms with Gasteiger partial charge in [0.2, 0.25) is 0 Å². The second-order valence-electron chi connectivity index (χ2n) is 15.3. The Bertz CT molecular complexity index is 3280. The lowest BCUT2D eigenvalue weighted by molar-refractivity contribution is 0.429. The fourth-order valence-electron chi connectivity index (χ4n) is 9.46. The molecule has 0 radical (unpaired) electrons. The van der Waals surface area contributed by atoms with Crippen molar-refractivity contribution >= 4 is 66.2 Å². The summed E-state index contributed by atoms with van der Waals surface area (Å²) in [5.41, 5.74) is 13.8. The Labute approximate surface area is 336 Å². The van der Waals surface area contributed by atoms with Crippen LogP contribution >= 0.6 is 0 Å². The van der Waals surface area contributed by atoms with E-state index in [9.17, 15) is 0 Å². The van der Waals surface area contributed by atoms with E-state index in [-0.39, 0.29) is 5.92 Å². The molecule has 2 aliphatic rings. The first-order valence-corrected chi connectivity index (χ1v) is 20.0. The molecule has 0 fully saturated rings. The molecule has 58 heavy (non-hydrogen) atoms. The number of fused-ring (bicyclic) bond motifs is 9. The number of benzene rings is 8. The third-order valence-corrected chi connectivity index (χ3v) is 12.0. The van der Waals surface area contributed by atoms with Gasteiger partial charge in [0.15, 0.2) is 0 Å². The van der Waals surface area contributed by atoms with Crippen molar-refractivity contribution in [1.82, 2.24) is 9.13 Å². The Morgan fingerprint density at radius 1 is 0.448 bits per heavy atom. The molecule has 10 aromatic rings. The zero-order valence-electron chi connectivity index (χ0n) is 31.7. The van der Waals surface area contributed by atoms with Crippen LogP contribution < -0.4 is 9.64 Å². The number of anilines is 3. The number of para-hydroxylation sites is 5. The van der Waals surface area contributed by atoms with E-state index in [1.807, 2.05) is 0 Å². The average molecular weight is 744 g/mol. The minimum atomic E-state index is 0.250. The van der Waals surface area contributed by atoms with Gasteiger partial charge in [0.05, 0.1) is 22.1 Å². The first kappa shape index (κ1) is 32.7. The van der Waals surface area contributed by atoms with Gasteiger partial charge in [-0.2, -0.15) is 0 Å². The van der Waals surface area contributed by atoms with Crippen LogP contribution in [0.1, 0.15) is 23.5 Å². The predicted molar refractivity (Wildman–Crippen MR) is 240 cm³/mol. The van der Waals surface area contributed by atoms with Crippen LogP contribution in [0.25, 0.3) is 60.6 Å². The number of nitrogens with zero attached hydrogens (tertiary/aromatic N) is 3. The second-order valence-corrected chi connectivity index (χ2v) is 15.3. The molecule has 0 amide bonds. The number of aromatic nitrogens is 2. The summed E-state index contributed by atoms with van der Waals surface area (Å²) in [6.45, 7) is 0. The first-order valence-electron chi connectivity index (χ1n) is 20.0. The van der Waals surface area contributed by atoms with Gasteiger partial charge in [-0.15, -0.1) is 0 Å². The zero-order valence-corrected chi connectivity index (χ0v) is 31.7. The monoisotopic (exact) mass is 743 g/mol. The molecule has 0 spiro atoms. The van der Waals surface area contributed by atoms with Crippen LogP contribution in [0.4, 0.5) is 17.1 Å². The van der Waals surface area contributed by atoms with Gasteiger partial charge in [-0.05, 0) is 96.9 Å². The van der Waals surface area contributed by atoms with Crippen LogP contribution in [-0.4, -0.2) is 9.13 Å². The summed E-state index contributed by atoms with van der Waals surface area (Å²) in [5, 5.41) is 4.90. The lowest BCUT2D eigenvalue weighted by Gasteiger charge is -2.26. The van der Waals surface area contributed by atoms with Crippen LogP contribution in [0.5, 0.6) is 5.75 Å². The third kappa shape index (κ3) is 5.01. The van der Waals surface area contributed by atoms with E-state index in [4.69, 9.17) is 4.74 Å². The molecule has 8 aromatic carbocycles. The van der Waals surface area contributed by atoms with E-state index in [0.717, 1.165) is 63.0 Å². The van der Waals surface area contributed by atoms with E-state index < -0.39 is 0 Å². The quantitative estimate of drug-likeness (QED) is 0.169. The van der Waals surface area contributed by atoms with Gasteiger partial charge >= 0.3 is 0 Å². The summed E-state index contributed by atoms with van der Waals surface area (Å²) >= 11 is 0. The maximum Gasteiger partial charge on any atom is 0.130 e. The summed E-state index contributed by atoms with van der Waals surface area (Å²) in [7, 11) is 0. The molecule has 1 aliphatic heterocycles. The van der Waals surface area contributed by atoms with Crippen molar-refractivity contribution in [2.24, 2.45) is 0 Å².